The number of nitrogens with zero attached hydrogens (tertiary/aromatic N) is 2. The third kappa shape index (κ3) is 1.16. The molecular weight excluding hydrogens is 178 g/mol. The van der Waals surface area contributed by atoms with Gasteiger partial charge in [0.15, 0.2) is 6.29 Å². The van der Waals surface area contributed by atoms with Gasteiger partial charge in [0.2, 0.25) is 0 Å². The Morgan fingerprint density at radius 3 is 2.93 bits per heavy atom. The van der Waals surface area contributed by atoms with Gasteiger partial charge in [-0.1, -0.05) is 0 Å². The van der Waals surface area contributed by atoms with Crippen LogP contribution in [-0.4, -0.2) is 20.8 Å². The Morgan fingerprint density at radius 2 is 2.36 bits per heavy atom. The molecule has 0 aliphatic heterocycles. The van der Waals surface area contributed by atoms with Crippen LogP contribution in [0.15, 0.2) is 18.5 Å². The molecule has 4 nitrogen and oxygen atoms in total. The second-order valence-corrected chi connectivity index (χ2v) is 3.17. The SMILES string of the molecule is Cc1nc(C=O)c(-c2cc[nH]c2)n1C. The van der Waals surface area contributed by atoms with Crippen molar-refractivity contribution in [3.05, 3.63) is 30.0 Å². The smallest absolute Gasteiger partial charge is 0.170 e. The van der Waals surface area contributed by atoms with Crippen LogP contribution in [0.3, 0.4) is 0 Å². The van der Waals surface area contributed by atoms with Crippen LogP contribution >= 0.6 is 0 Å². The van der Waals surface area contributed by atoms with Crippen LogP contribution in [0, 0.1) is 6.92 Å². The third-order valence-corrected chi connectivity index (χ3v) is 2.33. The van der Waals surface area contributed by atoms with Crippen LogP contribution < -0.4 is 0 Å². The first kappa shape index (κ1) is 8.74. The molecule has 0 saturated heterocycles. The Hall–Kier alpha value is -1.84. The summed E-state index contributed by atoms with van der Waals surface area (Å²) in [5.74, 6) is 0.836. The number of rotatable bonds is 2. The topological polar surface area (TPSA) is 50.7 Å². The van der Waals surface area contributed by atoms with E-state index >= 15 is 0 Å². The first-order valence-corrected chi connectivity index (χ1v) is 4.35. The molecule has 0 aromatic carbocycles. The van der Waals surface area contributed by atoms with Crippen LogP contribution in [0.4, 0.5) is 0 Å². The molecule has 2 heterocycles. The summed E-state index contributed by atoms with van der Waals surface area (Å²) >= 11 is 0. The number of carbonyl (C=O) groups is 1. The summed E-state index contributed by atoms with van der Waals surface area (Å²) in [6.07, 6.45) is 4.46. The van der Waals surface area contributed by atoms with Crippen molar-refractivity contribution < 1.29 is 4.79 Å². The summed E-state index contributed by atoms with van der Waals surface area (Å²) in [5.41, 5.74) is 2.33. The number of carbonyl (C=O) groups excluding carboxylic acids is 1. The average Bonchev–Trinajstić information content (AvgIpc) is 2.76. The maximum Gasteiger partial charge on any atom is 0.170 e. The van der Waals surface area contributed by atoms with Crippen molar-refractivity contribution in [2.45, 2.75) is 6.92 Å². The van der Waals surface area contributed by atoms with E-state index in [-0.39, 0.29) is 0 Å². The lowest BCUT2D eigenvalue weighted by atomic mass is 10.2. The second kappa shape index (κ2) is 3.14. The fraction of sp³-hybridized carbons (Fsp3) is 0.200. The van der Waals surface area contributed by atoms with Crippen molar-refractivity contribution in [2.24, 2.45) is 7.05 Å². The standard InChI is InChI=1S/C10H11N3O/c1-7-12-9(6-14)10(13(7)2)8-3-4-11-5-8/h3-6,11H,1-2H3. The van der Waals surface area contributed by atoms with Gasteiger partial charge in [0.1, 0.15) is 11.5 Å². The molecule has 2 aromatic rings. The molecule has 2 aromatic heterocycles. The van der Waals surface area contributed by atoms with Crippen LogP contribution in [0.1, 0.15) is 16.3 Å². The summed E-state index contributed by atoms with van der Waals surface area (Å²) in [6, 6.07) is 1.92. The zero-order valence-electron chi connectivity index (χ0n) is 8.11. The van der Waals surface area contributed by atoms with Crippen molar-refractivity contribution in [3.8, 4) is 11.3 Å². The van der Waals surface area contributed by atoms with E-state index in [2.05, 4.69) is 9.97 Å². The molecule has 0 radical (unpaired) electrons. The fourth-order valence-corrected chi connectivity index (χ4v) is 1.53. The van der Waals surface area contributed by atoms with Crippen molar-refractivity contribution in [1.29, 1.82) is 0 Å². The number of H-pyrrole nitrogens is 1. The second-order valence-electron chi connectivity index (χ2n) is 3.17. The van der Waals surface area contributed by atoms with Crippen molar-refractivity contribution >= 4 is 6.29 Å². The largest absolute Gasteiger partial charge is 0.367 e. The molecule has 0 saturated carbocycles. The average molecular weight is 189 g/mol. The molecule has 72 valence electrons. The number of aromatic amines is 1. The normalized spacial score (nSPS) is 10.4. The molecule has 0 bridgehead atoms. The van der Waals surface area contributed by atoms with Gasteiger partial charge in [-0.25, -0.2) is 4.98 Å². The summed E-state index contributed by atoms with van der Waals surface area (Å²) in [5, 5.41) is 0. The Bertz CT molecular complexity index is 454. The Balaban J connectivity index is 2.67. The minimum absolute atomic E-state index is 0.490. The van der Waals surface area contributed by atoms with Gasteiger partial charge in [-0.15, -0.1) is 0 Å². The van der Waals surface area contributed by atoms with Crippen molar-refractivity contribution in [1.82, 2.24) is 14.5 Å². The number of nitrogens with one attached hydrogen (secondary N) is 1. The maximum atomic E-state index is 10.8. The van der Waals surface area contributed by atoms with Crippen LogP contribution in [0.25, 0.3) is 11.3 Å². The van der Waals surface area contributed by atoms with E-state index in [1.165, 1.54) is 0 Å². The van der Waals surface area contributed by atoms with Crippen LogP contribution in [0.5, 0.6) is 0 Å². The minimum Gasteiger partial charge on any atom is -0.367 e. The number of aldehydes is 1. The lowest BCUT2D eigenvalue weighted by Crippen LogP contribution is -1.94. The van der Waals surface area contributed by atoms with Crippen molar-refractivity contribution in [3.63, 3.8) is 0 Å². The highest BCUT2D eigenvalue weighted by atomic mass is 16.1. The predicted octanol–water partition coefficient (Wildman–Crippen LogP) is 1.54. The Labute approximate surface area is 81.6 Å². The lowest BCUT2D eigenvalue weighted by molar-refractivity contribution is 0.112. The van der Waals surface area contributed by atoms with Gasteiger partial charge in [-0.2, -0.15) is 0 Å². The lowest BCUT2D eigenvalue weighted by Gasteiger charge is -2.00. The van der Waals surface area contributed by atoms with Gasteiger partial charge in [0, 0.05) is 25.0 Å². The van der Waals surface area contributed by atoms with E-state index in [1.807, 2.05) is 37.0 Å². The number of aromatic nitrogens is 3. The number of aryl methyl sites for hydroxylation is 1. The summed E-state index contributed by atoms with van der Waals surface area (Å²) in [7, 11) is 1.90. The van der Waals surface area contributed by atoms with Gasteiger partial charge < -0.3 is 9.55 Å². The minimum atomic E-state index is 0.490. The highest BCUT2D eigenvalue weighted by Gasteiger charge is 2.13. The van der Waals surface area contributed by atoms with Crippen LogP contribution in [-0.2, 0) is 7.05 Å². The Kier molecular flexibility index (Phi) is 1.96. The first-order valence-electron chi connectivity index (χ1n) is 4.35. The van der Waals surface area contributed by atoms with Gasteiger partial charge in [0.25, 0.3) is 0 Å². The van der Waals surface area contributed by atoms with Crippen molar-refractivity contribution in [2.75, 3.05) is 0 Å². The van der Waals surface area contributed by atoms with E-state index in [0.29, 0.717) is 5.69 Å². The van der Waals surface area contributed by atoms with Gasteiger partial charge in [0.05, 0.1) is 5.69 Å². The molecule has 2 rings (SSSR count). The molecule has 0 amide bonds. The summed E-state index contributed by atoms with van der Waals surface area (Å²) in [4.78, 5) is 17.9. The van der Waals surface area contributed by atoms with E-state index in [4.69, 9.17) is 0 Å². The monoisotopic (exact) mass is 189 g/mol. The van der Waals surface area contributed by atoms with Gasteiger partial charge in [-0.05, 0) is 13.0 Å². The third-order valence-electron chi connectivity index (χ3n) is 2.33. The highest BCUT2D eigenvalue weighted by molar-refractivity contribution is 5.83. The van der Waals surface area contributed by atoms with E-state index < -0.39 is 0 Å². The zero-order chi connectivity index (χ0) is 10.1. The molecule has 0 aliphatic carbocycles. The summed E-state index contributed by atoms with van der Waals surface area (Å²) in [6.45, 7) is 1.88. The van der Waals surface area contributed by atoms with Gasteiger partial charge in [-0.3, -0.25) is 4.79 Å². The van der Waals surface area contributed by atoms with Gasteiger partial charge >= 0.3 is 0 Å². The van der Waals surface area contributed by atoms with Crippen LogP contribution in [0.2, 0.25) is 0 Å². The molecule has 1 N–H and O–H groups in total. The number of hydrogen-bond acceptors (Lipinski definition) is 2. The predicted molar refractivity (Wildman–Crippen MR) is 53.1 cm³/mol. The Morgan fingerprint density at radius 1 is 1.57 bits per heavy atom. The molecule has 0 fully saturated rings. The van der Waals surface area contributed by atoms with E-state index in [0.717, 1.165) is 23.4 Å². The maximum absolute atomic E-state index is 10.8. The number of imidazole rings is 1. The molecule has 0 aliphatic rings. The molecule has 0 spiro atoms. The van der Waals surface area contributed by atoms with E-state index in [1.54, 1.807) is 0 Å². The molecule has 0 unspecified atom stereocenters. The zero-order valence-corrected chi connectivity index (χ0v) is 8.11. The molecular formula is C10H11N3O. The quantitative estimate of drug-likeness (QED) is 0.728. The first-order chi connectivity index (χ1) is 6.74. The summed E-state index contributed by atoms with van der Waals surface area (Å²) < 4.78 is 1.91. The molecule has 4 heteroatoms. The molecule has 14 heavy (non-hydrogen) atoms. The highest BCUT2D eigenvalue weighted by Crippen LogP contribution is 2.22. The van der Waals surface area contributed by atoms with E-state index in [9.17, 15) is 4.79 Å². The molecule has 0 atom stereocenters. The number of hydrogen-bond donors (Lipinski definition) is 1. The fourth-order valence-electron chi connectivity index (χ4n) is 1.53.